The second-order valence-electron chi connectivity index (χ2n) is 12.4. The molecule has 0 aromatic heterocycles. The predicted molar refractivity (Wildman–Crippen MR) is 167 cm³/mol. The fourth-order valence-corrected chi connectivity index (χ4v) is 6.02. The molecule has 236 valence electrons. The summed E-state index contributed by atoms with van der Waals surface area (Å²) in [6.45, 7) is 6.81. The van der Waals surface area contributed by atoms with Gasteiger partial charge in [-0.25, -0.2) is 4.79 Å². The lowest BCUT2D eigenvalue weighted by Gasteiger charge is -2.42. The minimum Gasteiger partial charge on any atom is -0.461 e. The highest BCUT2D eigenvalue weighted by atomic mass is 16.6. The van der Waals surface area contributed by atoms with Gasteiger partial charge in [0.25, 0.3) is 5.91 Å². The minimum atomic E-state index is -1.62. The van der Waals surface area contributed by atoms with Crippen molar-refractivity contribution in [3.8, 4) is 0 Å². The van der Waals surface area contributed by atoms with E-state index in [-0.39, 0.29) is 36.6 Å². The smallest absolute Gasteiger partial charge is 0.337 e. The molecule has 0 bridgehead atoms. The third kappa shape index (κ3) is 8.14. The van der Waals surface area contributed by atoms with Crippen molar-refractivity contribution in [1.82, 2.24) is 15.1 Å². The Morgan fingerprint density at radius 3 is 2.14 bits per heavy atom. The summed E-state index contributed by atoms with van der Waals surface area (Å²) in [7, 11) is 0. The fourth-order valence-electron chi connectivity index (χ4n) is 6.02. The maximum absolute atomic E-state index is 14.2. The molecule has 1 heterocycles. The number of aliphatic hydroxyl groups excluding tert-OH is 1. The van der Waals surface area contributed by atoms with E-state index in [4.69, 9.17) is 4.74 Å². The zero-order valence-electron chi connectivity index (χ0n) is 26.1. The molecule has 9 heteroatoms. The molecule has 2 unspecified atom stereocenters. The molecule has 1 aliphatic heterocycles. The lowest BCUT2D eigenvalue weighted by Crippen LogP contribution is -2.58. The van der Waals surface area contributed by atoms with E-state index in [0.717, 1.165) is 37.7 Å². The van der Waals surface area contributed by atoms with Gasteiger partial charge in [0.15, 0.2) is 6.10 Å². The first-order valence-corrected chi connectivity index (χ1v) is 15.7. The van der Waals surface area contributed by atoms with E-state index in [2.05, 4.69) is 5.32 Å². The summed E-state index contributed by atoms with van der Waals surface area (Å²) >= 11 is 0. The van der Waals surface area contributed by atoms with Gasteiger partial charge in [-0.3, -0.25) is 19.3 Å². The lowest BCUT2D eigenvalue weighted by atomic mass is 9.87. The molecule has 4 rings (SSSR count). The van der Waals surface area contributed by atoms with Gasteiger partial charge in [-0.15, -0.1) is 0 Å². The zero-order valence-corrected chi connectivity index (χ0v) is 26.1. The highest BCUT2D eigenvalue weighted by Crippen LogP contribution is 2.33. The molecule has 9 nitrogen and oxygen atoms in total. The van der Waals surface area contributed by atoms with E-state index in [0.29, 0.717) is 11.3 Å². The lowest BCUT2D eigenvalue weighted by molar-refractivity contribution is -0.159. The number of amides is 3. The van der Waals surface area contributed by atoms with Crippen molar-refractivity contribution in [2.24, 2.45) is 11.8 Å². The van der Waals surface area contributed by atoms with E-state index in [1.807, 2.05) is 74.5 Å². The van der Waals surface area contributed by atoms with Crippen LogP contribution in [0.2, 0.25) is 0 Å². The summed E-state index contributed by atoms with van der Waals surface area (Å²) in [5.74, 6) is -2.12. The van der Waals surface area contributed by atoms with Crippen molar-refractivity contribution in [2.75, 3.05) is 6.54 Å². The Balaban J connectivity index is 1.64. The Hall–Kier alpha value is -3.98. The summed E-state index contributed by atoms with van der Waals surface area (Å²) in [4.78, 5) is 57.3. The van der Waals surface area contributed by atoms with Crippen molar-refractivity contribution in [1.29, 1.82) is 0 Å². The van der Waals surface area contributed by atoms with Crippen LogP contribution in [0.25, 0.3) is 5.70 Å². The van der Waals surface area contributed by atoms with Crippen molar-refractivity contribution in [3.63, 3.8) is 0 Å². The standard InChI is InChI=1S/C35H45N3O6/c1-23(2)31-34(42)37(29(26-16-10-6-11-17-26)21-38(31)33(41)27-18-12-7-13-19-27)22-30(39)36-28(20-25-14-8-5-9-15-25)32(40)35(43)44-24(3)4/h5-6,8-11,14-17,21,23-24,27-28,31-32,40H,7,12-13,18-20,22H2,1-4H3,(H,36,39)/t28-,31?,32?/m0/s1. The van der Waals surface area contributed by atoms with E-state index in [9.17, 15) is 24.3 Å². The van der Waals surface area contributed by atoms with Gasteiger partial charge in [0.1, 0.15) is 12.6 Å². The van der Waals surface area contributed by atoms with Gasteiger partial charge in [-0.2, -0.15) is 0 Å². The van der Waals surface area contributed by atoms with Crippen LogP contribution in [-0.4, -0.2) is 69.4 Å². The zero-order chi connectivity index (χ0) is 31.8. The van der Waals surface area contributed by atoms with Crippen LogP contribution in [0.4, 0.5) is 0 Å². The van der Waals surface area contributed by atoms with Crippen LogP contribution in [0, 0.1) is 11.8 Å². The van der Waals surface area contributed by atoms with Crippen LogP contribution in [0.15, 0.2) is 66.9 Å². The van der Waals surface area contributed by atoms with Crippen molar-refractivity contribution in [3.05, 3.63) is 78.0 Å². The Morgan fingerprint density at radius 1 is 0.932 bits per heavy atom. The topological polar surface area (TPSA) is 116 Å². The number of hydrogen-bond donors (Lipinski definition) is 2. The van der Waals surface area contributed by atoms with E-state index in [1.165, 1.54) is 4.90 Å². The summed E-state index contributed by atoms with van der Waals surface area (Å²) in [5.41, 5.74) is 1.95. The maximum Gasteiger partial charge on any atom is 0.337 e. The van der Waals surface area contributed by atoms with Gasteiger partial charge in [-0.1, -0.05) is 93.8 Å². The molecule has 0 spiro atoms. The Morgan fingerprint density at radius 2 is 1.55 bits per heavy atom. The number of aliphatic hydroxyl groups is 1. The van der Waals surface area contributed by atoms with Gasteiger partial charge in [0.05, 0.1) is 17.8 Å². The number of carbonyl (C=O) groups is 4. The number of esters is 1. The molecule has 2 N–H and O–H groups in total. The van der Waals surface area contributed by atoms with E-state index >= 15 is 0 Å². The summed E-state index contributed by atoms with van der Waals surface area (Å²) < 4.78 is 5.23. The average Bonchev–Trinajstić information content (AvgIpc) is 3.01. The van der Waals surface area contributed by atoms with Crippen LogP contribution in [-0.2, 0) is 30.3 Å². The second kappa shape index (κ2) is 15.1. The number of benzene rings is 2. The van der Waals surface area contributed by atoms with Gasteiger partial charge >= 0.3 is 5.97 Å². The van der Waals surface area contributed by atoms with Crippen molar-refractivity contribution < 1.29 is 29.0 Å². The molecule has 44 heavy (non-hydrogen) atoms. The number of carbonyl (C=O) groups excluding carboxylic acids is 4. The van der Waals surface area contributed by atoms with E-state index < -0.39 is 36.2 Å². The van der Waals surface area contributed by atoms with Crippen LogP contribution >= 0.6 is 0 Å². The number of nitrogens with zero attached hydrogens (tertiary/aromatic N) is 2. The monoisotopic (exact) mass is 603 g/mol. The molecule has 2 aromatic rings. The molecule has 0 radical (unpaired) electrons. The number of hydrogen-bond acceptors (Lipinski definition) is 6. The van der Waals surface area contributed by atoms with Gasteiger partial charge in [0.2, 0.25) is 11.8 Å². The normalized spacial score (nSPS) is 19.0. The first-order chi connectivity index (χ1) is 21.1. The number of ether oxygens (including phenoxy) is 1. The molecule has 1 saturated carbocycles. The molecule has 3 amide bonds. The number of rotatable bonds is 11. The molecule has 3 atom stereocenters. The highest BCUT2D eigenvalue weighted by Gasteiger charge is 2.43. The summed E-state index contributed by atoms with van der Waals surface area (Å²) in [6.07, 6.45) is 4.55. The van der Waals surface area contributed by atoms with Crippen LogP contribution in [0.1, 0.15) is 70.9 Å². The SMILES string of the molecule is CC(C)OC(=O)C(O)[C@H](Cc1ccccc1)NC(=O)CN1C(=O)C(C(C)C)N(C(=O)C2CCCCC2)C=C1c1ccccc1. The van der Waals surface area contributed by atoms with Crippen LogP contribution < -0.4 is 5.32 Å². The maximum atomic E-state index is 14.2. The molecular weight excluding hydrogens is 558 g/mol. The molecular formula is C35H45N3O6. The summed E-state index contributed by atoms with van der Waals surface area (Å²) in [5, 5.41) is 13.7. The quantitative estimate of drug-likeness (QED) is 0.370. The Labute approximate surface area is 260 Å². The Kier molecular flexibility index (Phi) is 11.3. The predicted octanol–water partition coefficient (Wildman–Crippen LogP) is 4.30. The van der Waals surface area contributed by atoms with Crippen LogP contribution in [0.5, 0.6) is 0 Å². The third-order valence-electron chi connectivity index (χ3n) is 8.20. The Bertz CT molecular complexity index is 1320. The largest absolute Gasteiger partial charge is 0.461 e. The fraction of sp³-hybridized carbons (Fsp3) is 0.486. The second-order valence-corrected chi connectivity index (χ2v) is 12.4. The molecule has 1 fully saturated rings. The van der Waals surface area contributed by atoms with Gasteiger partial charge in [-0.05, 0) is 50.2 Å². The average molecular weight is 604 g/mol. The van der Waals surface area contributed by atoms with Gasteiger partial charge < -0.3 is 20.1 Å². The van der Waals surface area contributed by atoms with Gasteiger partial charge in [0, 0.05) is 12.1 Å². The molecule has 1 aliphatic carbocycles. The molecule has 0 saturated heterocycles. The van der Waals surface area contributed by atoms with Crippen molar-refractivity contribution in [2.45, 2.75) is 90.5 Å². The highest BCUT2D eigenvalue weighted by molar-refractivity contribution is 6.00. The number of nitrogens with one attached hydrogen (secondary N) is 1. The van der Waals surface area contributed by atoms with Crippen molar-refractivity contribution >= 4 is 29.4 Å². The van der Waals surface area contributed by atoms with Crippen LogP contribution in [0.3, 0.4) is 0 Å². The third-order valence-corrected chi connectivity index (χ3v) is 8.20. The first kappa shape index (κ1) is 32.9. The molecule has 2 aliphatic rings. The minimum absolute atomic E-state index is 0.0519. The summed E-state index contributed by atoms with van der Waals surface area (Å²) in [6, 6.07) is 16.7. The first-order valence-electron chi connectivity index (χ1n) is 15.7. The molecule has 2 aromatic carbocycles. The van der Waals surface area contributed by atoms with E-state index in [1.54, 1.807) is 24.9 Å².